The number of nitrogens with zero attached hydrogens (tertiary/aromatic N) is 2. The largest absolute Gasteiger partial charge is 0.367 e. The van der Waals surface area contributed by atoms with Crippen molar-refractivity contribution in [2.75, 3.05) is 41.3 Å². The van der Waals surface area contributed by atoms with Crippen LogP contribution in [0.2, 0.25) is 5.02 Å². The third-order valence-corrected chi connectivity index (χ3v) is 6.44. The van der Waals surface area contributed by atoms with E-state index in [1.54, 1.807) is 42.5 Å². The van der Waals surface area contributed by atoms with E-state index in [9.17, 15) is 26.7 Å². The molecule has 1 aliphatic rings. The number of rotatable bonds is 4. The van der Waals surface area contributed by atoms with E-state index in [-0.39, 0.29) is 32.1 Å². The van der Waals surface area contributed by atoms with Gasteiger partial charge in [0.05, 0.1) is 16.3 Å². The Morgan fingerprint density at radius 3 is 1.97 bits per heavy atom. The van der Waals surface area contributed by atoms with Crippen molar-refractivity contribution in [3.8, 4) is 0 Å². The summed E-state index contributed by atoms with van der Waals surface area (Å²) in [4.78, 5) is 15.4. The average molecular weight is 561 g/mol. The summed E-state index contributed by atoms with van der Waals surface area (Å²) in [5.41, 5.74) is 0.589. The molecule has 4 nitrogen and oxygen atoms in total. The number of hydrogen-bond donors (Lipinski definition) is 1. The van der Waals surface area contributed by atoms with Crippen LogP contribution in [0.3, 0.4) is 0 Å². The molecule has 0 saturated carbocycles. The zero-order chi connectivity index (χ0) is 24.6. The number of nitrogens with one attached hydrogen (secondary N) is 1. The Morgan fingerprint density at radius 1 is 0.824 bits per heavy atom. The average Bonchev–Trinajstić information content (AvgIpc) is 2.82. The lowest BCUT2D eigenvalue weighted by atomic mass is 10.1. The molecular formula is C23H16BrClF5N3O. The summed E-state index contributed by atoms with van der Waals surface area (Å²) < 4.78 is 69.4. The van der Waals surface area contributed by atoms with Crippen LogP contribution in [-0.2, 0) is 0 Å². The number of carbonyl (C=O) groups is 1. The maximum absolute atomic E-state index is 14.1. The van der Waals surface area contributed by atoms with E-state index >= 15 is 0 Å². The topological polar surface area (TPSA) is 35.6 Å². The van der Waals surface area contributed by atoms with Gasteiger partial charge in [0.25, 0.3) is 5.91 Å². The Hall–Kier alpha value is -2.85. The first-order valence-electron chi connectivity index (χ1n) is 10.1. The molecule has 3 aromatic carbocycles. The van der Waals surface area contributed by atoms with Crippen LogP contribution in [0.4, 0.5) is 39.0 Å². The fourth-order valence-corrected chi connectivity index (χ4v) is 4.49. The predicted molar refractivity (Wildman–Crippen MR) is 124 cm³/mol. The van der Waals surface area contributed by atoms with Gasteiger partial charge >= 0.3 is 0 Å². The third kappa shape index (κ3) is 4.56. The Balaban J connectivity index is 1.46. The van der Waals surface area contributed by atoms with Gasteiger partial charge < -0.3 is 15.1 Å². The Labute approximate surface area is 205 Å². The molecule has 1 aliphatic heterocycles. The van der Waals surface area contributed by atoms with Crippen molar-refractivity contribution < 1.29 is 26.7 Å². The van der Waals surface area contributed by atoms with Gasteiger partial charge in [0.1, 0.15) is 5.69 Å². The maximum atomic E-state index is 14.1. The zero-order valence-corrected chi connectivity index (χ0v) is 19.7. The van der Waals surface area contributed by atoms with Crippen molar-refractivity contribution in [3.05, 3.63) is 86.6 Å². The van der Waals surface area contributed by atoms with Gasteiger partial charge in [-0.3, -0.25) is 4.79 Å². The molecule has 0 spiro atoms. The van der Waals surface area contributed by atoms with E-state index in [0.29, 0.717) is 26.4 Å². The summed E-state index contributed by atoms with van der Waals surface area (Å²) in [6.07, 6.45) is 0. The van der Waals surface area contributed by atoms with Crippen molar-refractivity contribution >= 4 is 50.5 Å². The van der Waals surface area contributed by atoms with Crippen LogP contribution in [0.5, 0.6) is 0 Å². The number of carbonyl (C=O) groups excluding carboxylic acids is 1. The standard InChI is InChI=1S/C23H16BrClF5N3O/c24-14-4-2-1-3-13(14)23(34)31-12-5-6-16(15(25)11-12)32-7-9-33(10-8-32)22-20(29)18(27)17(26)19(28)21(22)30/h1-6,11H,7-10H2,(H,31,34). The molecule has 3 aromatic rings. The quantitative estimate of drug-likeness (QED) is 0.229. The number of anilines is 3. The van der Waals surface area contributed by atoms with E-state index in [2.05, 4.69) is 21.2 Å². The highest BCUT2D eigenvalue weighted by Crippen LogP contribution is 2.34. The Bertz CT molecular complexity index is 1240. The molecule has 1 saturated heterocycles. The summed E-state index contributed by atoms with van der Waals surface area (Å²) >= 11 is 9.74. The first-order valence-corrected chi connectivity index (χ1v) is 11.2. The summed E-state index contributed by atoms with van der Waals surface area (Å²) in [5, 5.41) is 3.09. The molecule has 0 bridgehead atoms. The highest BCUT2D eigenvalue weighted by Gasteiger charge is 2.31. The molecule has 4 rings (SSSR count). The van der Waals surface area contributed by atoms with Gasteiger partial charge in [-0.15, -0.1) is 0 Å². The second-order valence-corrected chi connectivity index (χ2v) is 8.75. The minimum absolute atomic E-state index is 0.00913. The van der Waals surface area contributed by atoms with Crippen molar-refractivity contribution in [3.63, 3.8) is 0 Å². The van der Waals surface area contributed by atoms with Crippen molar-refractivity contribution in [1.82, 2.24) is 0 Å². The van der Waals surface area contributed by atoms with Crippen molar-refractivity contribution in [2.24, 2.45) is 0 Å². The lowest BCUT2D eigenvalue weighted by molar-refractivity contribution is 0.102. The van der Waals surface area contributed by atoms with Crippen LogP contribution in [0, 0.1) is 29.1 Å². The fraction of sp³-hybridized carbons (Fsp3) is 0.174. The number of amides is 1. The molecule has 178 valence electrons. The van der Waals surface area contributed by atoms with Gasteiger partial charge in [-0.2, -0.15) is 0 Å². The highest BCUT2D eigenvalue weighted by atomic mass is 79.9. The van der Waals surface area contributed by atoms with Gasteiger partial charge in [0.15, 0.2) is 23.3 Å². The number of benzene rings is 3. The summed E-state index contributed by atoms with van der Waals surface area (Å²) in [7, 11) is 0. The van der Waals surface area contributed by atoms with Crippen molar-refractivity contribution in [2.45, 2.75) is 0 Å². The molecule has 0 radical (unpaired) electrons. The van der Waals surface area contributed by atoms with Gasteiger partial charge in [-0.05, 0) is 46.3 Å². The summed E-state index contributed by atoms with van der Waals surface area (Å²) in [5.74, 6) is -10.2. The lowest BCUT2D eigenvalue weighted by Crippen LogP contribution is -2.47. The molecule has 0 aromatic heterocycles. The first kappa shape index (κ1) is 24.3. The minimum atomic E-state index is -2.18. The number of hydrogen-bond acceptors (Lipinski definition) is 3. The molecule has 1 heterocycles. The molecule has 1 N–H and O–H groups in total. The summed E-state index contributed by atoms with van der Waals surface area (Å²) in [6, 6.07) is 11.9. The van der Waals surface area contributed by atoms with Crippen LogP contribution >= 0.6 is 27.5 Å². The third-order valence-electron chi connectivity index (χ3n) is 5.45. The van der Waals surface area contributed by atoms with Crippen LogP contribution in [0.25, 0.3) is 0 Å². The van der Waals surface area contributed by atoms with E-state index in [0.717, 1.165) is 4.90 Å². The summed E-state index contributed by atoms with van der Waals surface area (Å²) in [6.45, 7) is 0.466. The molecular weight excluding hydrogens is 545 g/mol. The lowest BCUT2D eigenvalue weighted by Gasteiger charge is -2.38. The Kier molecular flexibility index (Phi) is 6.99. The van der Waals surface area contributed by atoms with E-state index < -0.39 is 34.8 Å². The Morgan fingerprint density at radius 2 is 1.38 bits per heavy atom. The number of piperazine rings is 1. The molecule has 0 atom stereocenters. The minimum Gasteiger partial charge on any atom is -0.367 e. The zero-order valence-electron chi connectivity index (χ0n) is 17.3. The van der Waals surface area contributed by atoms with Crippen LogP contribution in [-0.4, -0.2) is 32.1 Å². The molecule has 34 heavy (non-hydrogen) atoms. The molecule has 0 aliphatic carbocycles. The second kappa shape index (κ2) is 9.79. The monoisotopic (exact) mass is 559 g/mol. The normalized spacial score (nSPS) is 13.9. The maximum Gasteiger partial charge on any atom is 0.256 e. The van der Waals surface area contributed by atoms with E-state index in [1.165, 1.54) is 0 Å². The molecule has 11 heteroatoms. The van der Waals surface area contributed by atoms with E-state index in [4.69, 9.17) is 11.6 Å². The molecule has 1 amide bonds. The predicted octanol–water partition coefficient (Wildman–Crippen LogP) is 6.38. The smallest absolute Gasteiger partial charge is 0.256 e. The van der Waals surface area contributed by atoms with Gasteiger partial charge in [-0.1, -0.05) is 23.7 Å². The number of halogens is 7. The van der Waals surface area contributed by atoms with Gasteiger partial charge in [-0.25, -0.2) is 22.0 Å². The molecule has 1 fully saturated rings. The SMILES string of the molecule is O=C(Nc1ccc(N2CCN(c3c(F)c(F)c(F)c(F)c3F)CC2)c(Cl)c1)c1ccccc1Br. The van der Waals surface area contributed by atoms with E-state index in [1.807, 2.05) is 4.90 Å². The van der Waals surface area contributed by atoms with Crippen molar-refractivity contribution in [1.29, 1.82) is 0 Å². The van der Waals surface area contributed by atoms with Crippen LogP contribution in [0.1, 0.15) is 10.4 Å². The fourth-order valence-electron chi connectivity index (χ4n) is 3.73. The van der Waals surface area contributed by atoms with Gasteiger partial charge in [0, 0.05) is 36.3 Å². The highest BCUT2D eigenvalue weighted by molar-refractivity contribution is 9.10. The van der Waals surface area contributed by atoms with Crippen LogP contribution in [0.15, 0.2) is 46.9 Å². The van der Waals surface area contributed by atoms with Gasteiger partial charge in [0.2, 0.25) is 5.82 Å². The molecule has 0 unspecified atom stereocenters. The van der Waals surface area contributed by atoms with Crippen LogP contribution < -0.4 is 15.1 Å². The second-order valence-electron chi connectivity index (χ2n) is 7.49. The first-order chi connectivity index (χ1) is 16.2.